The molecule has 0 amide bonds. The Labute approximate surface area is 127 Å². The van der Waals surface area contributed by atoms with Gasteiger partial charge in [-0.25, -0.2) is 13.4 Å². The molecule has 1 aliphatic heterocycles. The molecular weight excluding hydrogens is 288 g/mol. The van der Waals surface area contributed by atoms with Gasteiger partial charge in [-0.05, 0) is 44.6 Å². The minimum absolute atomic E-state index is 0.121. The van der Waals surface area contributed by atoms with Crippen LogP contribution in [0.5, 0.6) is 0 Å². The maximum Gasteiger partial charge on any atom is 0.260 e. The lowest BCUT2D eigenvalue weighted by molar-refractivity contribution is 0.356. The van der Waals surface area contributed by atoms with Crippen molar-refractivity contribution >= 4 is 10.0 Å². The molecule has 7 heteroatoms. The van der Waals surface area contributed by atoms with Crippen molar-refractivity contribution in [3.63, 3.8) is 0 Å². The van der Waals surface area contributed by atoms with E-state index in [9.17, 15) is 8.42 Å². The number of likely N-dealkylation sites (tertiary alicyclic amines) is 1. The smallest absolute Gasteiger partial charge is 0.260 e. The standard InChI is InChI=1S/C14H24N4O2S/c1-15-8-12-4-5-14(16-9-12)21(19,20)18(3)11-13-6-7-17(2)10-13/h4-5,9,13,15H,6-8,10-11H2,1-3H3. The zero-order valence-electron chi connectivity index (χ0n) is 12.9. The van der Waals surface area contributed by atoms with Gasteiger partial charge in [0, 0.05) is 32.9 Å². The van der Waals surface area contributed by atoms with Crippen molar-refractivity contribution in [1.82, 2.24) is 19.5 Å². The molecular formula is C14H24N4O2S. The second kappa shape index (κ2) is 6.83. The number of pyridine rings is 1. The van der Waals surface area contributed by atoms with Crippen LogP contribution >= 0.6 is 0 Å². The molecule has 2 heterocycles. The first-order valence-corrected chi connectivity index (χ1v) is 8.62. The van der Waals surface area contributed by atoms with E-state index in [0.717, 1.165) is 25.1 Å². The van der Waals surface area contributed by atoms with E-state index in [1.54, 1.807) is 25.4 Å². The summed E-state index contributed by atoms with van der Waals surface area (Å²) in [6, 6.07) is 3.38. The Balaban J connectivity index is 2.05. The van der Waals surface area contributed by atoms with E-state index in [-0.39, 0.29) is 5.03 Å². The molecule has 1 aliphatic rings. The molecule has 6 nitrogen and oxygen atoms in total. The molecule has 0 saturated carbocycles. The molecule has 0 bridgehead atoms. The molecule has 21 heavy (non-hydrogen) atoms. The number of nitrogens with one attached hydrogen (secondary N) is 1. The van der Waals surface area contributed by atoms with Crippen LogP contribution in [0, 0.1) is 5.92 Å². The highest BCUT2D eigenvalue weighted by molar-refractivity contribution is 7.89. The van der Waals surface area contributed by atoms with Gasteiger partial charge < -0.3 is 10.2 Å². The molecule has 2 rings (SSSR count). The maximum absolute atomic E-state index is 12.5. The van der Waals surface area contributed by atoms with Crippen LogP contribution in [0.3, 0.4) is 0 Å². The Hall–Kier alpha value is -1.02. The zero-order chi connectivity index (χ0) is 15.5. The minimum atomic E-state index is -3.49. The summed E-state index contributed by atoms with van der Waals surface area (Å²) < 4.78 is 26.4. The number of aromatic nitrogens is 1. The van der Waals surface area contributed by atoms with Crippen molar-refractivity contribution in [2.75, 3.05) is 40.8 Å². The third kappa shape index (κ3) is 4.00. The molecule has 1 fully saturated rings. The van der Waals surface area contributed by atoms with Gasteiger partial charge in [-0.2, -0.15) is 4.31 Å². The highest BCUT2D eigenvalue weighted by Gasteiger charge is 2.27. The average Bonchev–Trinajstić information content (AvgIpc) is 2.85. The highest BCUT2D eigenvalue weighted by atomic mass is 32.2. The van der Waals surface area contributed by atoms with Crippen LogP contribution in [0.15, 0.2) is 23.4 Å². The van der Waals surface area contributed by atoms with E-state index in [4.69, 9.17) is 0 Å². The summed E-state index contributed by atoms with van der Waals surface area (Å²) in [5, 5.41) is 3.13. The average molecular weight is 312 g/mol. The quantitative estimate of drug-likeness (QED) is 0.822. The van der Waals surface area contributed by atoms with Crippen LogP contribution in [-0.4, -0.2) is 63.4 Å². The molecule has 118 valence electrons. The van der Waals surface area contributed by atoms with Gasteiger partial charge in [-0.15, -0.1) is 0 Å². The Kier molecular flexibility index (Phi) is 5.32. The number of hydrogen-bond donors (Lipinski definition) is 1. The Morgan fingerprint density at radius 2 is 2.24 bits per heavy atom. The second-order valence-corrected chi connectivity index (χ2v) is 7.73. The van der Waals surface area contributed by atoms with Crippen molar-refractivity contribution in [3.05, 3.63) is 23.9 Å². The molecule has 1 N–H and O–H groups in total. The van der Waals surface area contributed by atoms with E-state index >= 15 is 0 Å². The van der Waals surface area contributed by atoms with E-state index in [0.29, 0.717) is 19.0 Å². The fourth-order valence-electron chi connectivity index (χ4n) is 2.67. The van der Waals surface area contributed by atoms with E-state index in [1.165, 1.54) is 4.31 Å². The van der Waals surface area contributed by atoms with Gasteiger partial charge >= 0.3 is 0 Å². The Morgan fingerprint density at radius 1 is 1.48 bits per heavy atom. The topological polar surface area (TPSA) is 65.5 Å². The molecule has 1 atom stereocenters. The van der Waals surface area contributed by atoms with Crippen LogP contribution < -0.4 is 5.32 Å². The van der Waals surface area contributed by atoms with E-state index < -0.39 is 10.0 Å². The number of hydrogen-bond acceptors (Lipinski definition) is 5. The first kappa shape index (κ1) is 16.4. The van der Waals surface area contributed by atoms with Gasteiger partial charge in [-0.1, -0.05) is 6.07 Å². The van der Waals surface area contributed by atoms with Crippen molar-refractivity contribution in [1.29, 1.82) is 0 Å². The molecule has 1 aromatic heterocycles. The van der Waals surface area contributed by atoms with Gasteiger partial charge in [0.2, 0.25) is 0 Å². The lowest BCUT2D eigenvalue weighted by Crippen LogP contribution is -2.33. The summed E-state index contributed by atoms with van der Waals surface area (Å²) in [4.78, 5) is 6.33. The van der Waals surface area contributed by atoms with Crippen molar-refractivity contribution in [2.45, 2.75) is 18.0 Å². The third-order valence-electron chi connectivity index (χ3n) is 3.86. The number of nitrogens with zero attached hydrogens (tertiary/aromatic N) is 3. The first-order chi connectivity index (χ1) is 9.93. The molecule has 1 aromatic rings. The highest BCUT2D eigenvalue weighted by Crippen LogP contribution is 2.19. The van der Waals surface area contributed by atoms with E-state index in [2.05, 4.69) is 22.2 Å². The summed E-state index contributed by atoms with van der Waals surface area (Å²) in [6.45, 7) is 3.22. The van der Waals surface area contributed by atoms with Crippen LogP contribution in [0.1, 0.15) is 12.0 Å². The lowest BCUT2D eigenvalue weighted by atomic mass is 10.1. The first-order valence-electron chi connectivity index (χ1n) is 7.18. The zero-order valence-corrected chi connectivity index (χ0v) is 13.7. The Bertz CT molecular complexity index is 559. The molecule has 1 unspecified atom stereocenters. The molecule has 0 aliphatic carbocycles. The lowest BCUT2D eigenvalue weighted by Gasteiger charge is -2.20. The van der Waals surface area contributed by atoms with Gasteiger partial charge in [0.05, 0.1) is 0 Å². The summed E-state index contributed by atoms with van der Waals surface area (Å²) >= 11 is 0. The fourth-order valence-corrected chi connectivity index (χ4v) is 3.82. The van der Waals surface area contributed by atoms with Crippen LogP contribution in [0.2, 0.25) is 0 Å². The number of rotatable bonds is 6. The molecule has 0 aromatic carbocycles. The molecule has 1 saturated heterocycles. The summed E-state index contributed by atoms with van der Waals surface area (Å²) in [5.74, 6) is 0.401. The molecule has 0 radical (unpaired) electrons. The third-order valence-corrected chi connectivity index (χ3v) is 5.60. The molecule has 0 spiro atoms. The van der Waals surface area contributed by atoms with Crippen LogP contribution in [0.25, 0.3) is 0 Å². The van der Waals surface area contributed by atoms with Gasteiger partial charge in [0.15, 0.2) is 5.03 Å². The summed E-state index contributed by atoms with van der Waals surface area (Å²) in [7, 11) is 2.05. The normalized spacial score (nSPS) is 20.3. The number of sulfonamides is 1. The van der Waals surface area contributed by atoms with Crippen molar-refractivity contribution < 1.29 is 8.42 Å². The van der Waals surface area contributed by atoms with E-state index in [1.807, 2.05) is 7.05 Å². The summed E-state index contributed by atoms with van der Waals surface area (Å²) in [5.41, 5.74) is 0.969. The minimum Gasteiger partial charge on any atom is -0.316 e. The predicted molar refractivity (Wildman–Crippen MR) is 82.4 cm³/mol. The van der Waals surface area contributed by atoms with Crippen molar-refractivity contribution in [2.24, 2.45) is 5.92 Å². The summed E-state index contributed by atoms with van der Waals surface area (Å²) in [6.07, 6.45) is 2.66. The largest absolute Gasteiger partial charge is 0.316 e. The maximum atomic E-state index is 12.5. The van der Waals surface area contributed by atoms with Crippen LogP contribution in [0.4, 0.5) is 0 Å². The second-order valence-electron chi connectivity index (χ2n) is 5.74. The van der Waals surface area contributed by atoms with Gasteiger partial charge in [0.25, 0.3) is 10.0 Å². The SMILES string of the molecule is CNCc1ccc(S(=O)(=O)N(C)CC2CCN(C)C2)nc1. The predicted octanol–water partition coefficient (Wildman–Crippen LogP) is 0.373. The Morgan fingerprint density at radius 3 is 2.76 bits per heavy atom. The van der Waals surface area contributed by atoms with Gasteiger partial charge in [-0.3, -0.25) is 0 Å². The van der Waals surface area contributed by atoms with Crippen molar-refractivity contribution in [3.8, 4) is 0 Å². The van der Waals surface area contributed by atoms with Gasteiger partial charge in [0.1, 0.15) is 0 Å². The monoisotopic (exact) mass is 312 g/mol. The van der Waals surface area contributed by atoms with Crippen LogP contribution in [-0.2, 0) is 16.6 Å². The fraction of sp³-hybridized carbons (Fsp3) is 0.643.